The summed E-state index contributed by atoms with van der Waals surface area (Å²) < 4.78 is 18.5. The molecule has 1 atom stereocenters. The first-order chi connectivity index (χ1) is 9.26. The molecule has 1 aromatic carbocycles. The summed E-state index contributed by atoms with van der Waals surface area (Å²) in [5.74, 6) is -0.0379. The predicted octanol–water partition coefficient (Wildman–Crippen LogP) is 3.98. The smallest absolute Gasteiger partial charge is 0.165 e. The average molecular weight is 279 g/mol. The van der Waals surface area contributed by atoms with E-state index in [1.807, 2.05) is 12.1 Å². The van der Waals surface area contributed by atoms with E-state index in [0.717, 1.165) is 18.5 Å². The largest absolute Gasteiger partial charge is 0.494 e. The quantitative estimate of drug-likeness (QED) is 0.863. The number of rotatable bonds is 6. The van der Waals surface area contributed by atoms with Crippen LogP contribution in [-0.2, 0) is 0 Å². The van der Waals surface area contributed by atoms with Crippen molar-refractivity contribution in [2.75, 3.05) is 13.7 Å². The molecule has 0 aliphatic rings. The van der Waals surface area contributed by atoms with E-state index < -0.39 is 0 Å². The Morgan fingerprint density at radius 3 is 2.84 bits per heavy atom. The molecule has 0 aliphatic heterocycles. The van der Waals surface area contributed by atoms with Gasteiger partial charge in [-0.2, -0.15) is 0 Å². The molecule has 1 aromatic heterocycles. The second kappa shape index (κ2) is 6.68. The Hall–Kier alpha value is -1.39. The molecule has 0 amide bonds. The van der Waals surface area contributed by atoms with Gasteiger partial charge in [0.25, 0.3) is 0 Å². The molecule has 2 aromatic rings. The van der Waals surface area contributed by atoms with Gasteiger partial charge in [-0.1, -0.05) is 19.1 Å². The molecule has 19 heavy (non-hydrogen) atoms. The Kier molecular flexibility index (Phi) is 4.93. The number of methoxy groups -OCH3 is 1. The third-order valence-electron chi connectivity index (χ3n) is 2.93. The summed E-state index contributed by atoms with van der Waals surface area (Å²) >= 11 is 1.70. The van der Waals surface area contributed by atoms with E-state index >= 15 is 0 Å². The number of halogens is 1. The predicted molar refractivity (Wildman–Crippen MR) is 77.4 cm³/mol. The fourth-order valence-corrected chi connectivity index (χ4v) is 2.81. The Morgan fingerprint density at radius 1 is 1.37 bits per heavy atom. The molecule has 4 heteroatoms. The van der Waals surface area contributed by atoms with Crippen LogP contribution in [0.1, 0.15) is 29.8 Å². The van der Waals surface area contributed by atoms with Crippen LogP contribution in [0.15, 0.2) is 35.7 Å². The molecule has 2 nitrogen and oxygen atoms in total. The first-order valence-electron chi connectivity index (χ1n) is 6.36. The van der Waals surface area contributed by atoms with E-state index in [2.05, 4.69) is 23.7 Å². The molecule has 0 saturated carbocycles. The first kappa shape index (κ1) is 14.0. The van der Waals surface area contributed by atoms with Crippen LogP contribution in [0.25, 0.3) is 0 Å². The Labute approximate surface area is 117 Å². The highest BCUT2D eigenvalue weighted by atomic mass is 32.1. The van der Waals surface area contributed by atoms with Crippen molar-refractivity contribution in [3.8, 4) is 5.75 Å². The first-order valence-corrected chi connectivity index (χ1v) is 7.24. The van der Waals surface area contributed by atoms with Crippen molar-refractivity contribution in [2.45, 2.75) is 19.4 Å². The van der Waals surface area contributed by atoms with Crippen molar-refractivity contribution in [1.82, 2.24) is 5.32 Å². The summed E-state index contributed by atoms with van der Waals surface area (Å²) in [4.78, 5) is 1.22. The molecule has 1 heterocycles. The van der Waals surface area contributed by atoms with Crippen LogP contribution in [0, 0.1) is 5.82 Å². The van der Waals surface area contributed by atoms with Gasteiger partial charge in [0, 0.05) is 4.88 Å². The van der Waals surface area contributed by atoms with Crippen LogP contribution in [0.4, 0.5) is 4.39 Å². The minimum Gasteiger partial charge on any atom is -0.494 e. The number of hydrogen-bond acceptors (Lipinski definition) is 3. The zero-order valence-corrected chi connectivity index (χ0v) is 12.0. The maximum atomic E-state index is 13.5. The molecule has 2 rings (SSSR count). The van der Waals surface area contributed by atoms with Crippen molar-refractivity contribution in [3.63, 3.8) is 0 Å². The second-order valence-corrected chi connectivity index (χ2v) is 5.28. The van der Waals surface area contributed by atoms with E-state index in [0.29, 0.717) is 0 Å². The Bertz CT molecular complexity index is 513. The zero-order valence-electron chi connectivity index (χ0n) is 11.2. The second-order valence-electron chi connectivity index (χ2n) is 4.30. The number of benzene rings is 1. The van der Waals surface area contributed by atoms with E-state index in [9.17, 15) is 4.39 Å². The highest BCUT2D eigenvalue weighted by Gasteiger charge is 2.16. The lowest BCUT2D eigenvalue weighted by Gasteiger charge is -2.18. The fourth-order valence-electron chi connectivity index (χ4n) is 1.98. The van der Waals surface area contributed by atoms with Gasteiger partial charge in [-0.05, 0) is 42.1 Å². The number of hydrogen-bond donors (Lipinski definition) is 1. The summed E-state index contributed by atoms with van der Waals surface area (Å²) in [5, 5.41) is 5.54. The minimum atomic E-state index is -0.327. The molecule has 0 spiro atoms. The molecule has 0 radical (unpaired) electrons. The minimum absolute atomic E-state index is 0.0921. The van der Waals surface area contributed by atoms with Crippen LogP contribution in [0.5, 0.6) is 5.75 Å². The van der Waals surface area contributed by atoms with Crippen LogP contribution >= 0.6 is 11.3 Å². The normalized spacial score (nSPS) is 12.4. The standard InChI is InChI=1S/C15H18FNOS/c1-3-8-17-15(14-5-4-9-19-14)11-6-7-12(16)13(10-11)18-2/h4-7,9-10,15,17H,3,8H2,1-2H3. The van der Waals surface area contributed by atoms with Gasteiger partial charge in [-0.15, -0.1) is 11.3 Å². The third kappa shape index (κ3) is 3.33. The van der Waals surface area contributed by atoms with Crippen molar-refractivity contribution < 1.29 is 9.13 Å². The van der Waals surface area contributed by atoms with Crippen molar-refractivity contribution in [2.24, 2.45) is 0 Å². The third-order valence-corrected chi connectivity index (χ3v) is 3.87. The molecule has 102 valence electrons. The lowest BCUT2D eigenvalue weighted by molar-refractivity contribution is 0.385. The average Bonchev–Trinajstić information content (AvgIpc) is 2.95. The van der Waals surface area contributed by atoms with Gasteiger partial charge in [-0.3, -0.25) is 0 Å². The Balaban J connectivity index is 2.32. The molecular weight excluding hydrogens is 261 g/mol. The lowest BCUT2D eigenvalue weighted by atomic mass is 10.0. The van der Waals surface area contributed by atoms with Crippen LogP contribution in [0.2, 0.25) is 0 Å². The number of ether oxygens (including phenoxy) is 1. The van der Waals surface area contributed by atoms with Crippen LogP contribution in [-0.4, -0.2) is 13.7 Å². The summed E-state index contributed by atoms with van der Waals surface area (Å²) in [5.41, 5.74) is 1.02. The SMILES string of the molecule is CCCNC(c1ccc(F)c(OC)c1)c1cccs1. The summed E-state index contributed by atoms with van der Waals surface area (Å²) in [6, 6.07) is 9.25. The van der Waals surface area contributed by atoms with Crippen LogP contribution < -0.4 is 10.1 Å². The van der Waals surface area contributed by atoms with Gasteiger partial charge in [0.2, 0.25) is 0 Å². The fraction of sp³-hybridized carbons (Fsp3) is 0.333. The number of nitrogens with one attached hydrogen (secondary N) is 1. The van der Waals surface area contributed by atoms with Crippen molar-refractivity contribution >= 4 is 11.3 Å². The molecular formula is C15H18FNOS. The molecule has 0 bridgehead atoms. The summed E-state index contributed by atoms with van der Waals surface area (Å²) in [7, 11) is 1.49. The van der Waals surface area contributed by atoms with Crippen molar-refractivity contribution in [1.29, 1.82) is 0 Å². The molecule has 0 aliphatic carbocycles. The molecule has 0 saturated heterocycles. The summed E-state index contributed by atoms with van der Waals surface area (Å²) in [6.07, 6.45) is 1.06. The highest BCUT2D eigenvalue weighted by molar-refractivity contribution is 7.10. The molecule has 1 N–H and O–H groups in total. The van der Waals surface area contributed by atoms with Gasteiger partial charge in [-0.25, -0.2) is 4.39 Å². The van der Waals surface area contributed by atoms with Gasteiger partial charge in [0.15, 0.2) is 11.6 Å². The Morgan fingerprint density at radius 2 is 2.21 bits per heavy atom. The van der Waals surface area contributed by atoms with Crippen molar-refractivity contribution in [3.05, 3.63) is 52.0 Å². The molecule has 0 fully saturated rings. The van der Waals surface area contributed by atoms with Gasteiger partial charge >= 0.3 is 0 Å². The zero-order chi connectivity index (χ0) is 13.7. The van der Waals surface area contributed by atoms with Gasteiger partial charge < -0.3 is 10.1 Å². The number of thiophene rings is 1. The van der Waals surface area contributed by atoms with Gasteiger partial charge in [0.05, 0.1) is 13.2 Å². The van der Waals surface area contributed by atoms with Gasteiger partial charge in [0.1, 0.15) is 0 Å². The monoisotopic (exact) mass is 279 g/mol. The van der Waals surface area contributed by atoms with E-state index in [1.165, 1.54) is 18.1 Å². The van der Waals surface area contributed by atoms with E-state index in [1.54, 1.807) is 17.4 Å². The van der Waals surface area contributed by atoms with Crippen LogP contribution in [0.3, 0.4) is 0 Å². The maximum absolute atomic E-state index is 13.5. The maximum Gasteiger partial charge on any atom is 0.165 e. The lowest BCUT2D eigenvalue weighted by Crippen LogP contribution is -2.22. The highest BCUT2D eigenvalue weighted by Crippen LogP contribution is 2.29. The van der Waals surface area contributed by atoms with E-state index in [4.69, 9.17) is 4.74 Å². The topological polar surface area (TPSA) is 21.3 Å². The molecule has 1 unspecified atom stereocenters. The summed E-state index contributed by atoms with van der Waals surface area (Å²) in [6.45, 7) is 3.05. The van der Waals surface area contributed by atoms with E-state index in [-0.39, 0.29) is 17.6 Å².